The lowest BCUT2D eigenvalue weighted by atomic mass is 10.1. The van der Waals surface area contributed by atoms with Gasteiger partial charge in [-0.3, -0.25) is 0 Å². The summed E-state index contributed by atoms with van der Waals surface area (Å²) in [7, 11) is -3.68. The van der Waals surface area contributed by atoms with Crippen LogP contribution >= 0.6 is 11.8 Å². The summed E-state index contributed by atoms with van der Waals surface area (Å²) in [6.45, 7) is 2.04. The van der Waals surface area contributed by atoms with E-state index >= 15 is 0 Å². The van der Waals surface area contributed by atoms with Gasteiger partial charge in [0.2, 0.25) is 10.0 Å². The third kappa shape index (κ3) is 3.40. The normalized spacial score (nSPS) is 11.6. The zero-order chi connectivity index (χ0) is 17.3. The third-order valence-corrected chi connectivity index (χ3v) is 5.46. The van der Waals surface area contributed by atoms with Gasteiger partial charge in [-0.2, -0.15) is 0 Å². The van der Waals surface area contributed by atoms with Gasteiger partial charge in [0, 0.05) is 16.8 Å². The minimum atomic E-state index is -3.68. The lowest BCUT2D eigenvalue weighted by Crippen LogP contribution is -2.11. The predicted octanol–water partition coefficient (Wildman–Crippen LogP) is 3.82. The Balaban J connectivity index is 2.05. The molecule has 6 heteroatoms. The zero-order valence-electron chi connectivity index (χ0n) is 13.4. The SMILES string of the molecule is CSc1ccc(-n2cc(C)cc2-c2ccc(S(N)(=O)=O)cc2)cc1. The second-order valence-corrected chi connectivity index (χ2v) is 7.98. The summed E-state index contributed by atoms with van der Waals surface area (Å²) < 4.78 is 24.9. The van der Waals surface area contributed by atoms with Gasteiger partial charge < -0.3 is 4.57 Å². The molecule has 1 heterocycles. The largest absolute Gasteiger partial charge is 0.316 e. The molecule has 2 N–H and O–H groups in total. The van der Waals surface area contributed by atoms with Gasteiger partial charge in [-0.15, -0.1) is 11.8 Å². The zero-order valence-corrected chi connectivity index (χ0v) is 15.1. The van der Waals surface area contributed by atoms with Crippen LogP contribution in [0.25, 0.3) is 16.9 Å². The summed E-state index contributed by atoms with van der Waals surface area (Å²) in [5.74, 6) is 0. The number of nitrogens with two attached hydrogens (primary N) is 1. The summed E-state index contributed by atoms with van der Waals surface area (Å²) in [6.07, 6.45) is 4.12. The minimum absolute atomic E-state index is 0.116. The molecule has 0 saturated heterocycles. The highest BCUT2D eigenvalue weighted by molar-refractivity contribution is 7.98. The number of aryl methyl sites for hydroxylation is 1. The van der Waals surface area contributed by atoms with E-state index in [4.69, 9.17) is 5.14 Å². The molecule has 0 fully saturated rings. The number of hydrogen-bond donors (Lipinski definition) is 1. The van der Waals surface area contributed by atoms with E-state index in [9.17, 15) is 8.42 Å². The van der Waals surface area contributed by atoms with Crippen LogP contribution in [0, 0.1) is 6.92 Å². The van der Waals surface area contributed by atoms with E-state index in [0.29, 0.717) is 0 Å². The van der Waals surface area contributed by atoms with Gasteiger partial charge in [0.1, 0.15) is 0 Å². The number of rotatable bonds is 4. The molecule has 0 radical (unpaired) electrons. The Morgan fingerprint density at radius 3 is 2.17 bits per heavy atom. The maximum atomic E-state index is 11.4. The molecule has 0 unspecified atom stereocenters. The van der Waals surface area contributed by atoms with Crippen molar-refractivity contribution in [2.24, 2.45) is 5.14 Å². The maximum Gasteiger partial charge on any atom is 0.238 e. The molecule has 0 atom stereocenters. The molecule has 0 aliphatic heterocycles. The second kappa shape index (κ2) is 6.47. The molecule has 0 aliphatic carbocycles. The van der Waals surface area contributed by atoms with Crippen molar-refractivity contribution in [2.45, 2.75) is 16.7 Å². The van der Waals surface area contributed by atoms with Gasteiger partial charge in [0.15, 0.2) is 0 Å². The molecule has 1 aromatic heterocycles. The number of hydrogen-bond acceptors (Lipinski definition) is 3. The highest BCUT2D eigenvalue weighted by Crippen LogP contribution is 2.27. The standard InChI is InChI=1S/C18H18N2O2S2/c1-13-11-18(14-3-9-17(10-4-14)24(19,21)22)20(12-13)15-5-7-16(23-2)8-6-15/h3-12H,1-2H3,(H2,19,21,22). The van der Waals surface area contributed by atoms with E-state index < -0.39 is 10.0 Å². The lowest BCUT2D eigenvalue weighted by molar-refractivity contribution is 0.598. The number of nitrogens with zero attached hydrogens (tertiary/aromatic N) is 1. The van der Waals surface area contributed by atoms with Crippen molar-refractivity contribution in [3.63, 3.8) is 0 Å². The van der Waals surface area contributed by atoms with E-state index in [0.717, 1.165) is 22.5 Å². The summed E-state index contributed by atoms with van der Waals surface area (Å²) in [6, 6.07) is 17.0. The van der Waals surface area contributed by atoms with Gasteiger partial charge in [-0.1, -0.05) is 12.1 Å². The van der Waals surface area contributed by atoms with Crippen molar-refractivity contribution in [2.75, 3.05) is 6.26 Å². The highest BCUT2D eigenvalue weighted by atomic mass is 32.2. The molecule has 0 amide bonds. The second-order valence-electron chi connectivity index (χ2n) is 5.54. The first-order chi connectivity index (χ1) is 11.4. The van der Waals surface area contributed by atoms with Gasteiger partial charge in [-0.25, -0.2) is 13.6 Å². The van der Waals surface area contributed by atoms with E-state index in [2.05, 4.69) is 41.1 Å². The molecule has 124 valence electrons. The predicted molar refractivity (Wildman–Crippen MR) is 99.1 cm³/mol. The first kappa shape index (κ1) is 16.8. The molecule has 0 spiro atoms. The Morgan fingerprint density at radius 2 is 1.62 bits per heavy atom. The molecule has 0 aliphatic rings. The third-order valence-electron chi connectivity index (χ3n) is 3.79. The number of aromatic nitrogens is 1. The van der Waals surface area contributed by atoms with Crippen LogP contribution in [0.1, 0.15) is 5.56 Å². The molecule has 3 aromatic rings. The lowest BCUT2D eigenvalue weighted by Gasteiger charge is -2.10. The summed E-state index contributed by atoms with van der Waals surface area (Å²) in [5.41, 5.74) is 4.13. The number of thioether (sulfide) groups is 1. The molecule has 0 saturated carbocycles. The molecule has 0 bridgehead atoms. The van der Waals surface area contributed by atoms with Crippen LogP contribution < -0.4 is 5.14 Å². The average Bonchev–Trinajstić information content (AvgIpc) is 2.96. The Morgan fingerprint density at radius 1 is 1.00 bits per heavy atom. The van der Waals surface area contributed by atoms with Gasteiger partial charge >= 0.3 is 0 Å². The van der Waals surface area contributed by atoms with Crippen molar-refractivity contribution < 1.29 is 8.42 Å². The fourth-order valence-corrected chi connectivity index (χ4v) is 3.51. The van der Waals surface area contributed by atoms with Crippen LogP contribution in [0.15, 0.2) is 70.6 Å². The number of sulfonamides is 1. The van der Waals surface area contributed by atoms with Crippen molar-refractivity contribution in [3.8, 4) is 16.9 Å². The van der Waals surface area contributed by atoms with Crippen LogP contribution in [-0.2, 0) is 10.0 Å². The summed E-state index contributed by atoms with van der Waals surface area (Å²) in [4.78, 5) is 1.33. The molecule has 24 heavy (non-hydrogen) atoms. The molecule has 3 rings (SSSR count). The Bertz CT molecular complexity index is 957. The Hall–Kier alpha value is -2.02. The van der Waals surface area contributed by atoms with Crippen molar-refractivity contribution in [1.29, 1.82) is 0 Å². The molecular formula is C18H18N2O2S2. The van der Waals surface area contributed by atoms with Crippen LogP contribution in [0.4, 0.5) is 0 Å². The Kier molecular flexibility index (Phi) is 4.54. The van der Waals surface area contributed by atoms with Gasteiger partial charge in [0.25, 0.3) is 0 Å². The van der Waals surface area contributed by atoms with Crippen LogP contribution in [0.5, 0.6) is 0 Å². The number of benzene rings is 2. The van der Waals surface area contributed by atoms with E-state index in [1.54, 1.807) is 23.9 Å². The Labute approximate surface area is 146 Å². The van der Waals surface area contributed by atoms with Crippen molar-refractivity contribution in [3.05, 3.63) is 66.4 Å². The summed E-state index contributed by atoms with van der Waals surface area (Å²) >= 11 is 1.70. The van der Waals surface area contributed by atoms with Crippen molar-refractivity contribution >= 4 is 21.8 Å². The van der Waals surface area contributed by atoms with E-state index in [-0.39, 0.29) is 4.90 Å². The topological polar surface area (TPSA) is 65.1 Å². The maximum absolute atomic E-state index is 11.4. The molecule has 2 aromatic carbocycles. The first-order valence-electron chi connectivity index (χ1n) is 7.35. The summed E-state index contributed by atoms with van der Waals surface area (Å²) in [5, 5.41) is 5.16. The van der Waals surface area contributed by atoms with Crippen LogP contribution in [0.3, 0.4) is 0 Å². The van der Waals surface area contributed by atoms with Crippen LogP contribution in [0.2, 0.25) is 0 Å². The van der Waals surface area contributed by atoms with E-state index in [1.807, 2.05) is 13.2 Å². The van der Waals surface area contributed by atoms with Crippen LogP contribution in [-0.4, -0.2) is 19.2 Å². The highest BCUT2D eigenvalue weighted by Gasteiger charge is 2.11. The fourth-order valence-electron chi connectivity index (χ4n) is 2.59. The van der Waals surface area contributed by atoms with E-state index in [1.165, 1.54) is 17.0 Å². The molecular weight excluding hydrogens is 340 g/mol. The van der Waals surface area contributed by atoms with Gasteiger partial charge in [0.05, 0.1) is 10.6 Å². The minimum Gasteiger partial charge on any atom is -0.316 e. The molecule has 4 nitrogen and oxygen atoms in total. The number of primary sulfonamides is 1. The van der Waals surface area contributed by atoms with Crippen molar-refractivity contribution in [1.82, 2.24) is 4.57 Å². The quantitative estimate of drug-likeness (QED) is 0.721. The monoisotopic (exact) mass is 358 g/mol. The fraction of sp³-hybridized carbons (Fsp3) is 0.111. The smallest absolute Gasteiger partial charge is 0.238 e. The first-order valence-corrected chi connectivity index (χ1v) is 10.1. The van der Waals surface area contributed by atoms with Gasteiger partial charge in [-0.05, 0) is 66.8 Å². The average molecular weight is 358 g/mol.